The lowest BCUT2D eigenvalue weighted by molar-refractivity contribution is -0.154. The van der Waals surface area contributed by atoms with Gasteiger partial charge in [0.15, 0.2) is 0 Å². The highest BCUT2D eigenvalue weighted by Crippen LogP contribution is 2.46. The number of ether oxygens (including phenoxy) is 1. The van der Waals surface area contributed by atoms with Crippen molar-refractivity contribution in [3.63, 3.8) is 0 Å². The summed E-state index contributed by atoms with van der Waals surface area (Å²) < 4.78 is 5.66. The van der Waals surface area contributed by atoms with E-state index in [1.165, 1.54) is 11.3 Å². The molecular formula is C21H31N3O3S. The van der Waals surface area contributed by atoms with Crippen LogP contribution in [0.2, 0.25) is 0 Å². The van der Waals surface area contributed by atoms with Crippen molar-refractivity contribution in [3.05, 3.63) is 16.5 Å². The number of likely N-dealkylation sites (tertiary alicyclic amines) is 2. The number of esters is 1. The van der Waals surface area contributed by atoms with Crippen LogP contribution in [-0.2, 0) is 9.53 Å². The van der Waals surface area contributed by atoms with Gasteiger partial charge in [-0.15, -0.1) is 11.3 Å². The maximum absolute atomic E-state index is 12.9. The molecule has 0 bridgehead atoms. The molecule has 28 heavy (non-hydrogen) atoms. The summed E-state index contributed by atoms with van der Waals surface area (Å²) in [5, 5.41) is 2.56. The summed E-state index contributed by atoms with van der Waals surface area (Å²) >= 11 is 1.44. The molecule has 4 heterocycles. The zero-order chi connectivity index (χ0) is 20.1. The predicted molar refractivity (Wildman–Crippen MR) is 110 cm³/mol. The number of anilines is 1. The van der Waals surface area contributed by atoms with Crippen molar-refractivity contribution in [1.82, 2.24) is 9.80 Å². The monoisotopic (exact) mass is 405 g/mol. The van der Waals surface area contributed by atoms with Crippen molar-refractivity contribution < 1.29 is 14.3 Å². The van der Waals surface area contributed by atoms with Gasteiger partial charge < -0.3 is 15.4 Å². The number of rotatable bonds is 2. The standard InChI is InChI=1S/C21H31N3O3S/c1-14-11-28-17(22)16(14)18(25)23-9-5-15(6-10-23)24-8-4-7-21(13-24)12-20(2,3)27-19(21)26/h11,15H,4-10,12-13,22H2,1-3H3. The van der Waals surface area contributed by atoms with E-state index in [-0.39, 0.29) is 22.9 Å². The fraction of sp³-hybridized carbons (Fsp3) is 0.714. The molecule has 2 N–H and O–H groups in total. The summed E-state index contributed by atoms with van der Waals surface area (Å²) in [5.41, 5.74) is 6.97. The van der Waals surface area contributed by atoms with Gasteiger partial charge in [-0.05, 0) is 63.9 Å². The molecule has 1 atom stereocenters. The van der Waals surface area contributed by atoms with Crippen molar-refractivity contribution in [2.24, 2.45) is 5.41 Å². The van der Waals surface area contributed by atoms with E-state index in [1.807, 2.05) is 31.1 Å². The third kappa shape index (κ3) is 3.43. The van der Waals surface area contributed by atoms with Gasteiger partial charge in [0.05, 0.1) is 16.0 Å². The molecule has 0 aliphatic carbocycles. The van der Waals surface area contributed by atoms with Gasteiger partial charge in [-0.3, -0.25) is 14.5 Å². The third-order valence-corrected chi connectivity index (χ3v) is 7.59. The summed E-state index contributed by atoms with van der Waals surface area (Å²) in [5.74, 6) is 0.0455. The minimum absolute atomic E-state index is 0.0155. The average Bonchev–Trinajstić information content (AvgIpc) is 3.09. The molecule has 3 saturated heterocycles. The number of nitrogens with two attached hydrogens (primary N) is 1. The Bertz CT molecular complexity index is 762. The first-order valence-electron chi connectivity index (χ1n) is 10.3. The van der Waals surface area contributed by atoms with E-state index >= 15 is 0 Å². The number of aryl methyl sites for hydroxylation is 1. The molecule has 7 heteroatoms. The minimum atomic E-state index is -0.353. The molecule has 3 fully saturated rings. The second kappa shape index (κ2) is 7.02. The van der Waals surface area contributed by atoms with Crippen molar-refractivity contribution >= 4 is 28.2 Å². The van der Waals surface area contributed by atoms with Crippen LogP contribution >= 0.6 is 11.3 Å². The Morgan fingerprint density at radius 2 is 2.00 bits per heavy atom. The first-order valence-corrected chi connectivity index (χ1v) is 11.2. The molecule has 1 amide bonds. The Hall–Kier alpha value is -1.60. The van der Waals surface area contributed by atoms with Crippen LogP contribution in [0.25, 0.3) is 0 Å². The molecule has 154 valence electrons. The highest BCUT2D eigenvalue weighted by Gasteiger charge is 2.54. The van der Waals surface area contributed by atoms with E-state index in [0.29, 0.717) is 16.6 Å². The Kier molecular flexibility index (Phi) is 4.94. The van der Waals surface area contributed by atoms with Gasteiger partial charge in [0.25, 0.3) is 5.91 Å². The zero-order valence-electron chi connectivity index (χ0n) is 17.1. The Morgan fingerprint density at radius 3 is 2.57 bits per heavy atom. The van der Waals surface area contributed by atoms with Crippen molar-refractivity contribution in [2.75, 3.05) is 31.9 Å². The number of carbonyl (C=O) groups is 2. The van der Waals surface area contributed by atoms with Crippen LogP contribution in [0.4, 0.5) is 5.00 Å². The van der Waals surface area contributed by atoms with E-state index in [0.717, 1.165) is 63.8 Å². The number of cyclic esters (lactones) is 1. The highest BCUT2D eigenvalue weighted by molar-refractivity contribution is 7.14. The van der Waals surface area contributed by atoms with Crippen LogP contribution < -0.4 is 5.73 Å². The van der Waals surface area contributed by atoms with Gasteiger partial charge in [-0.1, -0.05) is 0 Å². The van der Waals surface area contributed by atoms with Gasteiger partial charge in [0.1, 0.15) is 5.60 Å². The summed E-state index contributed by atoms with van der Waals surface area (Å²) in [6.45, 7) is 9.30. The first kappa shape index (κ1) is 19.7. The minimum Gasteiger partial charge on any atom is -0.459 e. The topological polar surface area (TPSA) is 75.9 Å². The van der Waals surface area contributed by atoms with E-state index in [4.69, 9.17) is 10.5 Å². The molecular weight excluding hydrogens is 374 g/mol. The van der Waals surface area contributed by atoms with Gasteiger partial charge in [-0.25, -0.2) is 0 Å². The predicted octanol–water partition coefficient (Wildman–Crippen LogP) is 3.05. The molecule has 0 aromatic carbocycles. The first-order chi connectivity index (χ1) is 13.2. The maximum Gasteiger partial charge on any atom is 0.314 e. The van der Waals surface area contributed by atoms with Gasteiger partial charge in [-0.2, -0.15) is 0 Å². The highest BCUT2D eigenvalue weighted by atomic mass is 32.1. The lowest BCUT2D eigenvalue weighted by Crippen LogP contribution is -2.53. The molecule has 1 spiro atoms. The lowest BCUT2D eigenvalue weighted by atomic mass is 9.74. The quantitative estimate of drug-likeness (QED) is 0.766. The Labute approximate surface area is 171 Å². The molecule has 1 unspecified atom stereocenters. The molecule has 0 radical (unpaired) electrons. The number of hydrogen-bond donors (Lipinski definition) is 1. The van der Waals surface area contributed by atoms with Crippen molar-refractivity contribution in [3.8, 4) is 0 Å². The van der Waals surface area contributed by atoms with E-state index in [2.05, 4.69) is 4.90 Å². The van der Waals surface area contributed by atoms with Crippen LogP contribution in [0.15, 0.2) is 5.38 Å². The van der Waals surface area contributed by atoms with E-state index in [9.17, 15) is 9.59 Å². The fourth-order valence-corrected chi connectivity index (χ4v) is 6.19. The number of amides is 1. The zero-order valence-corrected chi connectivity index (χ0v) is 17.9. The molecule has 1 aromatic rings. The number of nitrogens with zero attached hydrogens (tertiary/aromatic N) is 2. The number of nitrogen functional groups attached to an aromatic ring is 1. The maximum atomic E-state index is 12.9. The normalized spacial score (nSPS) is 28.7. The summed E-state index contributed by atoms with van der Waals surface area (Å²) in [6, 6.07) is 0.429. The van der Waals surface area contributed by atoms with Gasteiger partial charge in [0.2, 0.25) is 0 Å². The Morgan fingerprint density at radius 1 is 1.29 bits per heavy atom. The summed E-state index contributed by atoms with van der Waals surface area (Å²) in [4.78, 5) is 29.9. The van der Waals surface area contributed by atoms with Crippen LogP contribution in [0.3, 0.4) is 0 Å². The largest absolute Gasteiger partial charge is 0.459 e. The van der Waals surface area contributed by atoms with Crippen molar-refractivity contribution in [1.29, 1.82) is 0 Å². The third-order valence-electron chi connectivity index (χ3n) is 6.66. The van der Waals surface area contributed by atoms with Crippen LogP contribution in [0, 0.1) is 12.3 Å². The molecule has 3 aliphatic rings. The molecule has 0 saturated carbocycles. The second-order valence-electron chi connectivity index (χ2n) is 9.36. The molecule has 3 aliphatic heterocycles. The summed E-state index contributed by atoms with van der Waals surface area (Å²) in [7, 11) is 0. The number of hydrogen-bond acceptors (Lipinski definition) is 6. The Balaban J connectivity index is 1.39. The van der Waals surface area contributed by atoms with E-state index in [1.54, 1.807) is 0 Å². The average molecular weight is 406 g/mol. The number of carbonyl (C=O) groups excluding carboxylic acids is 2. The van der Waals surface area contributed by atoms with Gasteiger partial charge >= 0.3 is 5.97 Å². The molecule has 6 nitrogen and oxygen atoms in total. The lowest BCUT2D eigenvalue weighted by Gasteiger charge is -2.44. The van der Waals surface area contributed by atoms with E-state index < -0.39 is 0 Å². The molecule has 4 rings (SSSR count). The number of thiophene rings is 1. The van der Waals surface area contributed by atoms with Gasteiger partial charge in [0, 0.05) is 32.1 Å². The fourth-order valence-electron chi connectivity index (χ4n) is 5.40. The van der Waals surface area contributed by atoms with Crippen LogP contribution in [-0.4, -0.2) is 59.5 Å². The van der Waals surface area contributed by atoms with Crippen LogP contribution in [0.1, 0.15) is 61.9 Å². The SMILES string of the molecule is Cc1csc(N)c1C(=O)N1CCC(N2CCCC3(C2)CC(C)(C)OC3=O)CC1. The number of piperidine rings is 2. The summed E-state index contributed by atoms with van der Waals surface area (Å²) in [6.07, 6.45) is 4.67. The van der Waals surface area contributed by atoms with Crippen LogP contribution in [0.5, 0.6) is 0 Å². The smallest absolute Gasteiger partial charge is 0.314 e. The second-order valence-corrected chi connectivity index (χ2v) is 10.3. The van der Waals surface area contributed by atoms with Crippen molar-refractivity contribution in [2.45, 2.75) is 64.5 Å². The molecule has 1 aromatic heterocycles.